The number of rotatable bonds is 3. The molecule has 1 aromatic rings. The van der Waals surface area contributed by atoms with Gasteiger partial charge in [-0.05, 0) is 44.7 Å². The minimum Gasteiger partial charge on any atom is -0.466 e. The first-order chi connectivity index (χ1) is 11.4. The van der Waals surface area contributed by atoms with Crippen LogP contribution in [0.3, 0.4) is 0 Å². The molecule has 2 atom stereocenters. The van der Waals surface area contributed by atoms with E-state index in [1.807, 2.05) is 0 Å². The zero-order valence-corrected chi connectivity index (χ0v) is 13.7. The number of ether oxygens (including phenoxy) is 1. The predicted molar refractivity (Wildman–Crippen MR) is 84.4 cm³/mol. The SMILES string of the molecule is CCOC(=O)[C@H]1CCC[C@]2(CCN(c3cc(F)cc(F)c3)C2=O)C1. The molecule has 1 amide bonds. The number of carbonyl (C=O) groups excluding carboxylic acids is 2. The molecule has 1 aliphatic carbocycles. The molecule has 1 aliphatic heterocycles. The molecule has 6 heteroatoms. The van der Waals surface area contributed by atoms with Gasteiger partial charge in [0.05, 0.1) is 17.9 Å². The average molecular weight is 337 g/mol. The fourth-order valence-electron chi connectivity index (χ4n) is 4.01. The van der Waals surface area contributed by atoms with Crippen molar-refractivity contribution in [2.45, 2.75) is 39.0 Å². The van der Waals surface area contributed by atoms with Crippen LogP contribution in [0.1, 0.15) is 39.0 Å². The van der Waals surface area contributed by atoms with E-state index in [9.17, 15) is 18.4 Å². The lowest BCUT2D eigenvalue weighted by atomic mass is 9.68. The normalized spacial score (nSPS) is 26.9. The number of amides is 1. The van der Waals surface area contributed by atoms with E-state index in [-0.39, 0.29) is 23.5 Å². The molecule has 1 spiro atoms. The number of nitrogens with zero attached hydrogens (tertiary/aromatic N) is 1. The number of carbonyl (C=O) groups is 2. The molecule has 24 heavy (non-hydrogen) atoms. The molecule has 2 fully saturated rings. The van der Waals surface area contributed by atoms with Gasteiger partial charge in [-0.25, -0.2) is 8.78 Å². The summed E-state index contributed by atoms with van der Waals surface area (Å²) in [5.41, 5.74) is -0.369. The van der Waals surface area contributed by atoms with Crippen LogP contribution in [0.15, 0.2) is 18.2 Å². The zero-order chi connectivity index (χ0) is 17.3. The van der Waals surface area contributed by atoms with E-state index in [0.717, 1.165) is 18.9 Å². The molecular formula is C18H21F2NO3. The molecule has 1 aromatic carbocycles. The molecular weight excluding hydrogens is 316 g/mol. The first kappa shape index (κ1) is 16.9. The number of hydrogen-bond donors (Lipinski definition) is 0. The Labute approximate surface area is 139 Å². The van der Waals surface area contributed by atoms with Gasteiger partial charge >= 0.3 is 5.97 Å². The summed E-state index contributed by atoms with van der Waals surface area (Å²) < 4.78 is 32.0. The third kappa shape index (κ3) is 3.01. The van der Waals surface area contributed by atoms with Gasteiger partial charge in [-0.15, -0.1) is 0 Å². The number of benzene rings is 1. The monoisotopic (exact) mass is 337 g/mol. The Morgan fingerprint density at radius 2 is 2.00 bits per heavy atom. The highest BCUT2D eigenvalue weighted by atomic mass is 19.1. The molecule has 0 N–H and O–H groups in total. The van der Waals surface area contributed by atoms with E-state index in [4.69, 9.17) is 4.74 Å². The lowest BCUT2D eigenvalue weighted by molar-refractivity contribution is -0.151. The summed E-state index contributed by atoms with van der Waals surface area (Å²) in [5, 5.41) is 0. The molecule has 130 valence electrons. The molecule has 0 bridgehead atoms. The van der Waals surface area contributed by atoms with Crippen LogP contribution in [-0.4, -0.2) is 25.0 Å². The molecule has 0 aromatic heterocycles. The van der Waals surface area contributed by atoms with Crippen molar-refractivity contribution in [3.05, 3.63) is 29.8 Å². The van der Waals surface area contributed by atoms with Crippen molar-refractivity contribution in [2.24, 2.45) is 11.3 Å². The Kier molecular flexibility index (Phi) is 4.56. The van der Waals surface area contributed by atoms with E-state index in [1.54, 1.807) is 6.92 Å². The molecule has 4 nitrogen and oxygen atoms in total. The van der Waals surface area contributed by atoms with Crippen molar-refractivity contribution in [1.29, 1.82) is 0 Å². The fraction of sp³-hybridized carbons (Fsp3) is 0.556. The number of esters is 1. The van der Waals surface area contributed by atoms with Gasteiger partial charge < -0.3 is 9.64 Å². The zero-order valence-electron chi connectivity index (χ0n) is 13.7. The van der Waals surface area contributed by atoms with Crippen LogP contribution < -0.4 is 4.90 Å². The summed E-state index contributed by atoms with van der Waals surface area (Å²) in [6.45, 7) is 2.50. The maximum absolute atomic E-state index is 13.5. The standard InChI is InChI=1S/C18H21F2NO3/c1-2-24-16(22)12-4-3-5-18(11-12)6-7-21(17(18)23)15-9-13(19)8-14(20)10-15/h8-10,12H,2-7,11H2,1H3/t12-,18-/m0/s1. The Bertz CT molecular complexity index is 643. The minimum atomic E-state index is -0.702. The molecule has 2 aliphatic rings. The van der Waals surface area contributed by atoms with Gasteiger partial charge in [0.25, 0.3) is 0 Å². The molecule has 0 radical (unpaired) electrons. The van der Waals surface area contributed by atoms with E-state index >= 15 is 0 Å². The van der Waals surface area contributed by atoms with E-state index < -0.39 is 17.0 Å². The van der Waals surface area contributed by atoms with Crippen molar-refractivity contribution in [1.82, 2.24) is 0 Å². The summed E-state index contributed by atoms with van der Waals surface area (Å²) in [6.07, 6.45) is 3.26. The minimum absolute atomic E-state index is 0.138. The molecule has 1 saturated heterocycles. The second kappa shape index (κ2) is 6.49. The summed E-state index contributed by atoms with van der Waals surface area (Å²) >= 11 is 0. The van der Waals surface area contributed by atoms with Crippen molar-refractivity contribution >= 4 is 17.6 Å². The van der Waals surface area contributed by atoms with Crippen LogP contribution in [0.5, 0.6) is 0 Å². The average Bonchev–Trinajstić information content (AvgIpc) is 2.83. The van der Waals surface area contributed by atoms with Crippen LogP contribution in [-0.2, 0) is 14.3 Å². The van der Waals surface area contributed by atoms with E-state index in [1.165, 1.54) is 17.0 Å². The molecule has 1 saturated carbocycles. The summed E-state index contributed by atoms with van der Waals surface area (Å²) in [6, 6.07) is 3.13. The maximum atomic E-state index is 13.5. The summed E-state index contributed by atoms with van der Waals surface area (Å²) in [4.78, 5) is 26.4. The first-order valence-corrected chi connectivity index (χ1v) is 8.40. The van der Waals surface area contributed by atoms with Gasteiger partial charge in [-0.2, -0.15) is 0 Å². The highest BCUT2D eigenvalue weighted by Gasteiger charge is 2.50. The fourth-order valence-corrected chi connectivity index (χ4v) is 4.01. The van der Waals surface area contributed by atoms with Crippen LogP contribution in [0.2, 0.25) is 0 Å². The van der Waals surface area contributed by atoms with Gasteiger partial charge in [0.15, 0.2) is 0 Å². The number of hydrogen-bond acceptors (Lipinski definition) is 3. The summed E-state index contributed by atoms with van der Waals surface area (Å²) in [7, 11) is 0. The molecule has 0 unspecified atom stereocenters. The second-order valence-electron chi connectivity index (χ2n) is 6.66. The predicted octanol–water partition coefficient (Wildman–Crippen LogP) is 3.44. The Morgan fingerprint density at radius 1 is 1.29 bits per heavy atom. The van der Waals surface area contributed by atoms with Gasteiger partial charge in [0, 0.05) is 18.3 Å². The van der Waals surface area contributed by atoms with Crippen LogP contribution in [0.25, 0.3) is 0 Å². The topological polar surface area (TPSA) is 46.6 Å². The quantitative estimate of drug-likeness (QED) is 0.794. The highest BCUT2D eigenvalue weighted by Crippen LogP contribution is 2.48. The van der Waals surface area contributed by atoms with Crippen molar-refractivity contribution < 1.29 is 23.1 Å². The van der Waals surface area contributed by atoms with E-state index in [0.29, 0.717) is 32.4 Å². The first-order valence-electron chi connectivity index (χ1n) is 8.40. The number of anilines is 1. The van der Waals surface area contributed by atoms with Crippen LogP contribution >= 0.6 is 0 Å². The van der Waals surface area contributed by atoms with Crippen LogP contribution in [0, 0.1) is 23.0 Å². The second-order valence-corrected chi connectivity index (χ2v) is 6.66. The highest BCUT2D eigenvalue weighted by molar-refractivity contribution is 6.00. The van der Waals surface area contributed by atoms with Crippen LogP contribution in [0.4, 0.5) is 14.5 Å². The van der Waals surface area contributed by atoms with Gasteiger partial charge in [0.1, 0.15) is 11.6 Å². The maximum Gasteiger partial charge on any atom is 0.308 e. The van der Waals surface area contributed by atoms with Crippen molar-refractivity contribution in [2.75, 3.05) is 18.1 Å². The third-order valence-electron chi connectivity index (χ3n) is 5.14. The van der Waals surface area contributed by atoms with Gasteiger partial charge in [-0.3, -0.25) is 9.59 Å². The lowest BCUT2D eigenvalue weighted by Crippen LogP contribution is -2.40. The Hall–Kier alpha value is -1.98. The lowest BCUT2D eigenvalue weighted by Gasteiger charge is -2.35. The van der Waals surface area contributed by atoms with Crippen molar-refractivity contribution in [3.8, 4) is 0 Å². The van der Waals surface area contributed by atoms with E-state index in [2.05, 4.69) is 0 Å². The third-order valence-corrected chi connectivity index (χ3v) is 5.14. The largest absolute Gasteiger partial charge is 0.466 e. The smallest absolute Gasteiger partial charge is 0.308 e. The van der Waals surface area contributed by atoms with Crippen molar-refractivity contribution in [3.63, 3.8) is 0 Å². The van der Waals surface area contributed by atoms with Gasteiger partial charge in [-0.1, -0.05) is 6.42 Å². The van der Waals surface area contributed by atoms with Gasteiger partial charge in [0.2, 0.25) is 5.91 Å². The number of halogens is 2. The molecule has 1 heterocycles. The Balaban J connectivity index is 1.81. The molecule has 3 rings (SSSR count). The Morgan fingerprint density at radius 3 is 2.67 bits per heavy atom. The summed E-state index contributed by atoms with van der Waals surface area (Å²) in [5.74, 6) is -2.06.